The minimum atomic E-state index is -0.544. The van der Waals surface area contributed by atoms with Gasteiger partial charge in [-0.25, -0.2) is 14.6 Å². The fraction of sp³-hybridized carbons (Fsp3) is 0.357. The first-order valence-corrected chi connectivity index (χ1v) is 7.90. The second-order valence-electron chi connectivity index (χ2n) is 5.17. The van der Waals surface area contributed by atoms with Gasteiger partial charge < -0.3 is 10.5 Å². The lowest BCUT2D eigenvalue weighted by Gasteiger charge is -2.19. The van der Waals surface area contributed by atoms with E-state index < -0.39 is 11.9 Å². The molecule has 7 nitrogen and oxygen atoms in total. The highest BCUT2D eigenvalue weighted by atomic mass is 32.2. The van der Waals surface area contributed by atoms with E-state index >= 15 is 0 Å². The highest BCUT2D eigenvalue weighted by Crippen LogP contribution is 2.28. The van der Waals surface area contributed by atoms with Crippen LogP contribution in [0.4, 0.5) is 14.9 Å². The highest BCUT2D eigenvalue weighted by molar-refractivity contribution is 8.15. The van der Waals surface area contributed by atoms with Crippen molar-refractivity contribution in [2.45, 2.75) is 18.3 Å². The van der Waals surface area contributed by atoms with E-state index in [0.717, 1.165) is 0 Å². The van der Waals surface area contributed by atoms with Crippen LogP contribution >= 0.6 is 11.8 Å². The van der Waals surface area contributed by atoms with Crippen LogP contribution in [0.2, 0.25) is 0 Å². The average molecular weight is 338 g/mol. The van der Waals surface area contributed by atoms with E-state index in [4.69, 9.17) is 10.5 Å². The zero-order valence-electron chi connectivity index (χ0n) is 12.3. The maximum absolute atomic E-state index is 14.4. The largest absolute Gasteiger partial charge is 0.443 e. The first kappa shape index (κ1) is 15.8. The molecule has 2 heterocycles. The number of ether oxygens (including phenoxy) is 1. The Balaban J connectivity index is 1.84. The summed E-state index contributed by atoms with van der Waals surface area (Å²) in [6, 6.07) is 4.39. The topological polar surface area (TPSA) is 97.0 Å². The van der Waals surface area contributed by atoms with Crippen LogP contribution in [0.25, 0.3) is 0 Å². The van der Waals surface area contributed by atoms with Gasteiger partial charge in [0.2, 0.25) is 0 Å². The van der Waals surface area contributed by atoms with Crippen LogP contribution in [-0.2, 0) is 9.53 Å². The van der Waals surface area contributed by atoms with Gasteiger partial charge in [-0.2, -0.15) is 5.10 Å². The third-order valence-electron chi connectivity index (χ3n) is 3.56. The summed E-state index contributed by atoms with van der Waals surface area (Å²) in [5, 5.41) is 3.92. The molecule has 2 amide bonds. The molecule has 2 aliphatic heterocycles. The molecule has 122 valence electrons. The van der Waals surface area contributed by atoms with Crippen molar-refractivity contribution in [2.24, 2.45) is 10.8 Å². The molecule has 9 heteroatoms. The van der Waals surface area contributed by atoms with E-state index in [1.807, 2.05) is 0 Å². The lowest BCUT2D eigenvalue weighted by atomic mass is 10.2. The molecule has 0 aliphatic carbocycles. The van der Waals surface area contributed by atoms with Gasteiger partial charge in [-0.15, -0.1) is 0 Å². The highest BCUT2D eigenvalue weighted by Gasteiger charge is 2.32. The Morgan fingerprint density at radius 2 is 2.30 bits per heavy atom. The van der Waals surface area contributed by atoms with Crippen molar-refractivity contribution >= 4 is 34.5 Å². The molecule has 0 aromatic heterocycles. The van der Waals surface area contributed by atoms with Crippen molar-refractivity contribution in [3.05, 3.63) is 29.6 Å². The summed E-state index contributed by atoms with van der Waals surface area (Å²) >= 11 is 1.18. The molecule has 3 rings (SSSR count). The molecule has 1 saturated heterocycles. The maximum Gasteiger partial charge on any atom is 0.414 e. The molecule has 1 aromatic rings. The van der Waals surface area contributed by atoms with Gasteiger partial charge in [-0.05, 0) is 25.1 Å². The van der Waals surface area contributed by atoms with Crippen molar-refractivity contribution in [1.29, 1.82) is 0 Å². The zero-order chi connectivity index (χ0) is 16.6. The number of hydrogen-bond acceptors (Lipinski definition) is 6. The number of thioether (sulfide) groups is 1. The Morgan fingerprint density at radius 1 is 1.52 bits per heavy atom. The van der Waals surface area contributed by atoms with Crippen molar-refractivity contribution in [3.8, 4) is 0 Å². The number of halogens is 1. The van der Waals surface area contributed by atoms with Gasteiger partial charge in [0.05, 0.1) is 17.5 Å². The van der Waals surface area contributed by atoms with Crippen LogP contribution < -0.4 is 16.1 Å². The smallest absolute Gasteiger partial charge is 0.414 e. The molecule has 0 spiro atoms. The lowest BCUT2D eigenvalue weighted by molar-refractivity contribution is -0.120. The molecular formula is C14H15FN4O3S. The first-order valence-electron chi connectivity index (χ1n) is 7.02. The summed E-state index contributed by atoms with van der Waals surface area (Å²) in [5.74, 6) is -0.746. The average Bonchev–Trinajstić information content (AvgIpc) is 2.91. The van der Waals surface area contributed by atoms with Crippen LogP contribution in [0.3, 0.4) is 0 Å². The van der Waals surface area contributed by atoms with Gasteiger partial charge in [0, 0.05) is 12.1 Å². The van der Waals surface area contributed by atoms with E-state index in [0.29, 0.717) is 10.7 Å². The number of benzene rings is 1. The van der Waals surface area contributed by atoms with Gasteiger partial charge in [0.15, 0.2) is 0 Å². The molecule has 0 saturated carbocycles. The van der Waals surface area contributed by atoms with E-state index in [1.54, 1.807) is 13.0 Å². The number of hydrazone groups is 1. The Kier molecular flexibility index (Phi) is 4.22. The molecule has 3 N–H and O–H groups in total. The number of amides is 2. The summed E-state index contributed by atoms with van der Waals surface area (Å²) in [7, 11) is 0. The number of nitrogens with two attached hydrogens (primary N) is 1. The Hall–Kier alpha value is -2.13. The minimum Gasteiger partial charge on any atom is -0.443 e. The van der Waals surface area contributed by atoms with Crippen molar-refractivity contribution in [1.82, 2.24) is 5.43 Å². The number of carbonyl (C=O) groups excluding carboxylic acids is 2. The van der Waals surface area contributed by atoms with E-state index in [9.17, 15) is 14.0 Å². The second kappa shape index (κ2) is 6.17. The third kappa shape index (κ3) is 3.02. The molecule has 1 aromatic carbocycles. The van der Waals surface area contributed by atoms with Gasteiger partial charge in [-0.1, -0.05) is 11.8 Å². The van der Waals surface area contributed by atoms with E-state index in [1.165, 1.54) is 28.8 Å². The summed E-state index contributed by atoms with van der Waals surface area (Å²) in [6.45, 7) is 2.22. The minimum absolute atomic E-state index is 0.216. The SMILES string of the molecule is CC1SC(c2ccc(N3CC(CN)OC3=O)cc2F)=NNC1=O. The quantitative estimate of drug-likeness (QED) is 0.858. The summed E-state index contributed by atoms with van der Waals surface area (Å²) in [5.41, 5.74) is 8.51. The molecule has 2 unspecified atom stereocenters. The number of cyclic esters (lactones) is 1. The number of carbonyl (C=O) groups is 2. The Bertz CT molecular complexity index is 697. The molecule has 23 heavy (non-hydrogen) atoms. The molecular weight excluding hydrogens is 323 g/mol. The van der Waals surface area contributed by atoms with E-state index in [2.05, 4.69) is 10.5 Å². The van der Waals surface area contributed by atoms with Crippen LogP contribution in [-0.4, -0.2) is 41.5 Å². The van der Waals surface area contributed by atoms with Crippen LogP contribution in [0, 0.1) is 5.82 Å². The van der Waals surface area contributed by atoms with Gasteiger partial charge >= 0.3 is 6.09 Å². The van der Waals surface area contributed by atoms with Crippen LogP contribution in [0.15, 0.2) is 23.3 Å². The van der Waals surface area contributed by atoms with Gasteiger partial charge in [-0.3, -0.25) is 9.69 Å². The fourth-order valence-corrected chi connectivity index (χ4v) is 3.15. The Labute approximate surface area is 136 Å². The number of hydrogen-bond donors (Lipinski definition) is 2. The summed E-state index contributed by atoms with van der Waals surface area (Å²) in [4.78, 5) is 24.5. The standard InChI is InChI=1S/C14H15FN4O3S/c1-7-12(20)17-18-13(23-7)10-3-2-8(4-11(10)15)19-6-9(5-16)22-14(19)21/h2-4,7,9H,5-6,16H2,1H3,(H,17,20). The fourth-order valence-electron chi connectivity index (χ4n) is 2.27. The van der Waals surface area contributed by atoms with Crippen LogP contribution in [0.5, 0.6) is 0 Å². The molecule has 1 fully saturated rings. The number of anilines is 1. The normalized spacial score (nSPS) is 24.3. The molecule has 0 bridgehead atoms. The second-order valence-corrected chi connectivity index (χ2v) is 6.50. The predicted molar refractivity (Wildman–Crippen MR) is 84.8 cm³/mol. The third-order valence-corrected chi connectivity index (χ3v) is 4.66. The maximum atomic E-state index is 14.4. The summed E-state index contributed by atoms with van der Waals surface area (Å²) in [6.07, 6.45) is -0.933. The lowest BCUT2D eigenvalue weighted by Crippen LogP contribution is -2.33. The molecule has 2 atom stereocenters. The molecule has 0 radical (unpaired) electrons. The first-order chi connectivity index (χ1) is 11.0. The van der Waals surface area contributed by atoms with Crippen molar-refractivity contribution in [2.75, 3.05) is 18.0 Å². The van der Waals surface area contributed by atoms with Crippen LogP contribution in [0.1, 0.15) is 12.5 Å². The number of rotatable bonds is 3. The predicted octanol–water partition coefficient (Wildman–Crippen LogP) is 1.02. The molecule has 2 aliphatic rings. The van der Waals surface area contributed by atoms with E-state index in [-0.39, 0.29) is 35.9 Å². The van der Waals surface area contributed by atoms with Gasteiger partial charge in [0.25, 0.3) is 5.91 Å². The number of nitrogens with one attached hydrogen (secondary N) is 1. The van der Waals surface area contributed by atoms with Crippen molar-refractivity contribution in [3.63, 3.8) is 0 Å². The monoisotopic (exact) mass is 338 g/mol. The zero-order valence-corrected chi connectivity index (χ0v) is 13.1. The van der Waals surface area contributed by atoms with Crippen molar-refractivity contribution < 1.29 is 18.7 Å². The number of nitrogens with zero attached hydrogens (tertiary/aromatic N) is 2. The Morgan fingerprint density at radius 3 is 2.91 bits per heavy atom. The van der Waals surface area contributed by atoms with Gasteiger partial charge in [0.1, 0.15) is 17.0 Å². The summed E-state index contributed by atoms with van der Waals surface area (Å²) < 4.78 is 19.5.